The number of fused-ring (bicyclic) bond motifs is 2. The molecule has 1 aromatic carbocycles. The summed E-state index contributed by atoms with van der Waals surface area (Å²) in [5, 5.41) is 0. The van der Waals surface area contributed by atoms with Gasteiger partial charge in [0.05, 0.1) is 6.04 Å². The van der Waals surface area contributed by atoms with E-state index in [4.69, 9.17) is 4.74 Å². The van der Waals surface area contributed by atoms with E-state index >= 15 is 0 Å². The van der Waals surface area contributed by atoms with Gasteiger partial charge >= 0.3 is 6.09 Å². The lowest BCUT2D eigenvalue weighted by Crippen LogP contribution is -2.45. The molecule has 0 aromatic heterocycles. The van der Waals surface area contributed by atoms with E-state index in [9.17, 15) is 4.79 Å². The minimum Gasteiger partial charge on any atom is -0.444 e. The van der Waals surface area contributed by atoms with Gasteiger partial charge in [-0.1, -0.05) is 18.2 Å². The van der Waals surface area contributed by atoms with Crippen molar-refractivity contribution in [3.8, 4) is 0 Å². The number of amides is 1. The molecule has 3 rings (SSSR count). The van der Waals surface area contributed by atoms with E-state index in [0.29, 0.717) is 0 Å². The monoisotopic (exact) mass is 327 g/mol. The van der Waals surface area contributed by atoms with Gasteiger partial charge in [-0.3, -0.25) is 4.90 Å². The van der Waals surface area contributed by atoms with Crippen LogP contribution in [0.15, 0.2) is 18.2 Å². The second kappa shape index (κ2) is 5.94. The number of rotatable bonds is 1. The molecule has 1 saturated heterocycles. The average molecular weight is 327 g/mol. The van der Waals surface area contributed by atoms with E-state index in [1.165, 1.54) is 27.8 Å². The van der Waals surface area contributed by atoms with Crippen molar-refractivity contribution >= 4 is 11.7 Å². The zero-order valence-corrected chi connectivity index (χ0v) is 15.8. The topological polar surface area (TPSA) is 29.5 Å². The van der Waals surface area contributed by atoms with E-state index in [2.05, 4.69) is 39.0 Å². The Balaban J connectivity index is 1.88. The van der Waals surface area contributed by atoms with Gasteiger partial charge < -0.3 is 4.74 Å². The molecule has 2 aliphatic rings. The van der Waals surface area contributed by atoms with E-state index < -0.39 is 5.60 Å². The molecule has 0 aliphatic carbocycles. The van der Waals surface area contributed by atoms with Crippen molar-refractivity contribution in [2.45, 2.75) is 78.5 Å². The largest absolute Gasteiger partial charge is 0.444 e. The summed E-state index contributed by atoms with van der Waals surface area (Å²) in [6.07, 6.45) is 5.16. The molecule has 1 fully saturated rings. The van der Waals surface area contributed by atoms with Crippen molar-refractivity contribution in [3.63, 3.8) is 0 Å². The van der Waals surface area contributed by atoms with Crippen molar-refractivity contribution in [3.05, 3.63) is 40.5 Å². The van der Waals surface area contributed by atoms with Crippen LogP contribution in [-0.4, -0.2) is 28.7 Å². The molecule has 130 valence electrons. The zero-order valence-electron chi connectivity index (χ0n) is 15.8. The van der Waals surface area contributed by atoms with Gasteiger partial charge in [0.1, 0.15) is 5.60 Å². The molecule has 2 aliphatic heterocycles. The maximum absolute atomic E-state index is 12.6. The lowest BCUT2D eigenvalue weighted by Gasteiger charge is -2.35. The Labute approximate surface area is 145 Å². The quantitative estimate of drug-likeness (QED) is 0.712. The second-order valence-corrected chi connectivity index (χ2v) is 8.33. The van der Waals surface area contributed by atoms with Gasteiger partial charge in [0, 0.05) is 6.04 Å². The summed E-state index contributed by atoms with van der Waals surface area (Å²) < 4.78 is 5.62. The number of benzene rings is 1. The van der Waals surface area contributed by atoms with Crippen LogP contribution in [0.3, 0.4) is 0 Å². The van der Waals surface area contributed by atoms with Crippen LogP contribution in [0.5, 0.6) is 0 Å². The Bertz CT molecular complexity index is 697. The van der Waals surface area contributed by atoms with Crippen LogP contribution in [0.1, 0.15) is 62.3 Å². The van der Waals surface area contributed by atoms with Crippen LogP contribution in [0, 0.1) is 20.8 Å². The van der Waals surface area contributed by atoms with Crippen LogP contribution in [0.2, 0.25) is 0 Å². The Morgan fingerprint density at radius 3 is 2.38 bits per heavy atom. The standard InChI is InChI=1S/C21H29NO2/c1-13-9-15(3)19(10-14(13)2)16-11-17-7-8-18(12-16)22(17)20(23)24-21(4,5)6/h9-11,17-18H,7-8,12H2,1-6H3. The molecule has 0 N–H and O–H groups in total. The van der Waals surface area contributed by atoms with Gasteiger partial charge in [-0.15, -0.1) is 0 Å². The van der Waals surface area contributed by atoms with Gasteiger partial charge in [-0.25, -0.2) is 4.79 Å². The fourth-order valence-electron chi connectivity index (χ4n) is 3.94. The minimum atomic E-state index is -0.439. The highest BCUT2D eigenvalue weighted by Crippen LogP contribution is 2.40. The number of carbonyl (C=O) groups is 1. The smallest absolute Gasteiger partial charge is 0.411 e. The van der Waals surface area contributed by atoms with Gasteiger partial charge in [-0.2, -0.15) is 0 Å². The van der Waals surface area contributed by atoms with E-state index in [1.807, 2.05) is 25.7 Å². The first-order chi connectivity index (χ1) is 11.2. The van der Waals surface area contributed by atoms with E-state index in [0.717, 1.165) is 19.3 Å². The highest BCUT2D eigenvalue weighted by atomic mass is 16.6. The third-order valence-electron chi connectivity index (χ3n) is 5.19. The summed E-state index contributed by atoms with van der Waals surface area (Å²) in [7, 11) is 0. The molecular weight excluding hydrogens is 298 g/mol. The van der Waals surface area contributed by atoms with Gasteiger partial charge in [0.2, 0.25) is 0 Å². The number of hydrogen-bond acceptors (Lipinski definition) is 2. The highest BCUT2D eigenvalue weighted by molar-refractivity contribution is 5.76. The van der Waals surface area contributed by atoms with Crippen LogP contribution in [-0.2, 0) is 4.74 Å². The molecular formula is C21H29NO2. The first-order valence-corrected chi connectivity index (χ1v) is 8.96. The average Bonchev–Trinajstić information content (AvgIpc) is 2.72. The fraction of sp³-hybridized carbons (Fsp3) is 0.571. The normalized spacial score (nSPS) is 23.2. The molecule has 3 heteroatoms. The third kappa shape index (κ3) is 3.22. The lowest BCUT2D eigenvalue weighted by atomic mass is 9.89. The summed E-state index contributed by atoms with van der Waals surface area (Å²) in [4.78, 5) is 14.5. The third-order valence-corrected chi connectivity index (χ3v) is 5.19. The summed E-state index contributed by atoms with van der Waals surface area (Å²) in [5.74, 6) is 0. The maximum atomic E-state index is 12.6. The highest BCUT2D eigenvalue weighted by Gasteiger charge is 2.41. The lowest BCUT2D eigenvalue weighted by molar-refractivity contribution is 0.0175. The van der Waals surface area contributed by atoms with Crippen molar-refractivity contribution in [1.29, 1.82) is 0 Å². The van der Waals surface area contributed by atoms with Crippen LogP contribution in [0.4, 0.5) is 4.79 Å². The maximum Gasteiger partial charge on any atom is 0.411 e. The molecule has 3 nitrogen and oxygen atoms in total. The number of carbonyl (C=O) groups excluding carboxylic acids is 1. The van der Waals surface area contributed by atoms with Crippen molar-refractivity contribution in [2.75, 3.05) is 0 Å². The number of aryl methyl sites for hydroxylation is 3. The van der Waals surface area contributed by atoms with Crippen molar-refractivity contribution in [1.82, 2.24) is 4.90 Å². The van der Waals surface area contributed by atoms with Gasteiger partial charge in [0.15, 0.2) is 0 Å². The molecule has 2 atom stereocenters. The summed E-state index contributed by atoms with van der Waals surface area (Å²) in [6.45, 7) is 12.3. The molecule has 1 aromatic rings. The van der Waals surface area contributed by atoms with Crippen LogP contribution in [0.25, 0.3) is 5.57 Å². The van der Waals surface area contributed by atoms with Crippen molar-refractivity contribution in [2.24, 2.45) is 0 Å². The molecule has 0 spiro atoms. The van der Waals surface area contributed by atoms with E-state index in [1.54, 1.807) is 0 Å². The summed E-state index contributed by atoms with van der Waals surface area (Å²) in [5.41, 5.74) is 6.30. The summed E-state index contributed by atoms with van der Waals surface area (Å²) in [6, 6.07) is 5.02. The molecule has 1 amide bonds. The Morgan fingerprint density at radius 2 is 1.75 bits per heavy atom. The first kappa shape index (κ1) is 17.1. The van der Waals surface area contributed by atoms with Crippen LogP contribution >= 0.6 is 0 Å². The Kier molecular flexibility index (Phi) is 4.23. The Hall–Kier alpha value is -1.77. The SMILES string of the molecule is Cc1cc(C)c(C2=CC3CCC(C2)N3C(=O)OC(C)(C)C)cc1C. The van der Waals surface area contributed by atoms with Crippen LogP contribution < -0.4 is 0 Å². The molecule has 0 radical (unpaired) electrons. The zero-order chi connectivity index (χ0) is 17.6. The molecule has 24 heavy (non-hydrogen) atoms. The molecule has 2 heterocycles. The second-order valence-electron chi connectivity index (χ2n) is 8.33. The first-order valence-electron chi connectivity index (χ1n) is 8.96. The minimum absolute atomic E-state index is 0.165. The van der Waals surface area contributed by atoms with E-state index in [-0.39, 0.29) is 18.2 Å². The number of hydrogen-bond donors (Lipinski definition) is 0. The summed E-state index contributed by atoms with van der Waals surface area (Å²) >= 11 is 0. The predicted molar refractivity (Wildman–Crippen MR) is 98.1 cm³/mol. The van der Waals surface area contributed by atoms with Gasteiger partial charge in [0.25, 0.3) is 0 Å². The number of ether oxygens (including phenoxy) is 1. The van der Waals surface area contributed by atoms with Crippen molar-refractivity contribution < 1.29 is 9.53 Å². The molecule has 2 unspecified atom stereocenters. The molecule has 2 bridgehead atoms. The Morgan fingerprint density at radius 1 is 1.08 bits per heavy atom. The fourth-order valence-corrected chi connectivity index (χ4v) is 3.94. The molecule has 0 saturated carbocycles. The predicted octanol–water partition coefficient (Wildman–Crippen LogP) is 5.17. The number of nitrogens with zero attached hydrogens (tertiary/aromatic N) is 1. The van der Waals surface area contributed by atoms with Gasteiger partial charge in [-0.05, 0) is 88.6 Å².